The van der Waals surface area contributed by atoms with E-state index in [0.29, 0.717) is 10.8 Å². The number of nitrogen functional groups attached to an aromatic ring is 2. The highest BCUT2D eigenvalue weighted by molar-refractivity contribution is 6.40. The highest BCUT2D eigenvalue weighted by Crippen LogP contribution is 2.44. The van der Waals surface area contributed by atoms with Crippen LogP contribution < -0.4 is 22.3 Å². The third-order valence-electron chi connectivity index (χ3n) is 5.88. The third-order valence-corrected chi connectivity index (χ3v) is 5.88. The summed E-state index contributed by atoms with van der Waals surface area (Å²) in [6, 6.07) is 20.1. The molecule has 4 N–H and O–H groups in total. The fraction of sp³-hybridized carbons (Fsp3) is 0. The van der Waals surface area contributed by atoms with Crippen LogP contribution in [0.3, 0.4) is 0 Å². The Labute approximate surface area is 158 Å². The van der Waals surface area contributed by atoms with Gasteiger partial charge < -0.3 is 11.5 Å². The zero-order valence-corrected chi connectivity index (χ0v) is 14.7. The molecule has 0 spiro atoms. The maximum Gasteiger partial charge on any atom is 0.251 e. The van der Waals surface area contributed by atoms with Crippen molar-refractivity contribution in [2.24, 2.45) is 0 Å². The first-order chi connectivity index (χ1) is 13.6. The van der Waals surface area contributed by atoms with Gasteiger partial charge in [0.05, 0.1) is 5.69 Å². The smallest absolute Gasteiger partial charge is 0.251 e. The van der Waals surface area contributed by atoms with E-state index in [9.17, 15) is 9.59 Å². The second-order valence-corrected chi connectivity index (χ2v) is 7.28. The summed E-state index contributed by atoms with van der Waals surface area (Å²) in [7, 11) is 0. The van der Waals surface area contributed by atoms with Crippen molar-refractivity contribution in [3.8, 4) is 0 Å². The van der Waals surface area contributed by atoms with Gasteiger partial charge in [0.2, 0.25) is 5.43 Å². The van der Waals surface area contributed by atoms with Crippen LogP contribution in [0.25, 0.3) is 53.9 Å². The van der Waals surface area contributed by atoms with Crippen LogP contribution in [0.2, 0.25) is 0 Å². The van der Waals surface area contributed by atoms with E-state index in [4.69, 9.17) is 11.5 Å². The van der Waals surface area contributed by atoms with Gasteiger partial charge >= 0.3 is 0 Å². The lowest BCUT2D eigenvalue weighted by atomic mass is 9.86. The summed E-state index contributed by atoms with van der Waals surface area (Å²) in [5.74, 6) is 0. The zero-order chi connectivity index (χ0) is 19.2. The Balaban J connectivity index is 2.20. The Morgan fingerprint density at radius 1 is 0.500 bits per heavy atom. The molecule has 0 saturated carbocycles. The largest absolute Gasteiger partial charge is 0.396 e. The molecule has 6 aromatic carbocycles. The minimum atomic E-state index is -0.733. The molecular weight excluding hydrogens is 348 g/mol. The van der Waals surface area contributed by atoms with Crippen LogP contribution in [0.4, 0.5) is 11.4 Å². The van der Waals surface area contributed by atoms with Gasteiger partial charge in [-0.1, -0.05) is 54.6 Å². The average Bonchev–Trinajstić information content (AvgIpc) is 2.73. The molecule has 0 aliphatic heterocycles. The van der Waals surface area contributed by atoms with Crippen LogP contribution in [0.5, 0.6) is 0 Å². The number of fused-ring (bicyclic) bond motifs is 5. The van der Waals surface area contributed by atoms with E-state index in [2.05, 4.69) is 18.2 Å². The molecule has 0 saturated heterocycles. The van der Waals surface area contributed by atoms with Crippen LogP contribution in [0.1, 0.15) is 0 Å². The number of benzene rings is 6. The van der Waals surface area contributed by atoms with Crippen molar-refractivity contribution in [2.75, 3.05) is 11.5 Å². The quantitative estimate of drug-likeness (QED) is 0.183. The average molecular weight is 362 g/mol. The van der Waals surface area contributed by atoms with E-state index in [1.807, 2.05) is 42.5 Å². The standard InChI is InChI=1S/C24H14N2O2/c25-21-19-15-7-3-5-11-8-9-13-10-12-4-1-2-6-14(12)18(17(13)16(11)15)20(19)23(27)24(28)22(21)26/h1-10H,25-26H2. The number of rotatable bonds is 0. The maximum atomic E-state index is 13.2. The molecule has 4 nitrogen and oxygen atoms in total. The molecule has 0 atom stereocenters. The van der Waals surface area contributed by atoms with Crippen molar-refractivity contribution < 1.29 is 0 Å². The molecule has 0 fully saturated rings. The topological polar surface area (TPSA) is 86.2 Å². The summed E-state index contributed by atoms with van der Waals surface area (Å²) in [4.78, 5) is 25.7. The number of nitrogens with two attached hydrogens (primary N) is 2. The van der Waals surface area contributed by atoms with Crippen LogP contribution in [-0.2, 0) is 0 Å². The monoisotopic (exact) mass is 362 g/mol. The summed E-state index contributed by atoms with van der Waals surface area (Å²) in [6.45, 7) is 0. The Kier molecular flexibility index (Phi) is 2.64. The summed E-state index contributed by atoms with van der Waals surface area (Å²) < 4.78 is 0. The summed E-state index contributed by atoms with van der Waals surface area (Å²) in [5, 5.41) is 8.62. The molecule has 132 valence electrons. The molecule has 6 aromatic rings. The van der Waals surface area contributed by atoms with Crippen molar-refractivity contribution in [3.63, 3.8) is 0 Å². The molecule has 0 aromatic heterocycles. The van der Waals surface area contributed by atoms with Crippen molar-refractivity contribution in [1.29, 1.82) is 0 Å². The molecule has 6 rings (SSSR count). The predicted molar refractivity (Wildman–Crippen MR) is 118 cm³/mol. The fourth-order valence-electron chi connectivity index (χ4n) is 4.66. The molecule has 0 heterocycles. The van der Waals surface area contributed by atoms with Crippen LogP contribution in [-0.4, -0.2) is 0 Å². The van der Waals surface area contributed by atoms with Gasteiger partial charge in [-0.25, -0.2) is 0 Å². The molecule has 0 aliphatic rings. The van der Waals surface area contributed by atoms with E-state index in [-0.39, 0.29) is 11.4 Å². The van der Waals surface area contributed by atoms with Gasteiger partial charge in [-0.05, 0) is 43.8 Å². The van der Waals surface area contributed by atoms with Gasteiger partial charge in [-0.2, -0.15) is 0 Å². The molecule has 0 amide bonds. The molecule has 0 aliphatic carbocycles. The van der Waals surface area contributed by atoms with E-state index in [1.54, 1.807) is 0 Å². The summed E-state index contributed by atoms with van der Waals surface area (Å²) >= 11 is 0. The lowest BCUT2D eigenvalue weighted by molar-refractivity contribution is 1.54. The molecule has 0 radical (unpaired) electrons. The van der Waals surface area contributed by atoms with Crippen molar-refractivity contribution in [2.45, 2.75) is 0 Å². The predicted octanol–water partition coefficient (Wildman–Crippen LogP) is 4.21. The Bertz CT molecular complexity index is 1720. The van der Waals surface area contributed by atoms with Gasteiger partial charge in [0.1, 0.15) is 5.69 Å². The lowest BCUT2D eigenvalue weighted by Gasteiger charge is -2.17. The SMILES string of the molecule is Nc1c(N)c2c3cccc4ccc5cc6ccccc6c(c2c(=O)c1=O)c5c43. The summed E-state index contributed by atoms with van der Waals surface area (Å²) in [6.07, 6.45) is 0. The van der Waals surface area contributed by atoms with Crippen LogP contribution >= 0.6 is 0 Å². The molecular formula is C24H14N2O2. The molecule has 0 bridgehead atoms. The van der Waals surface area contributed by atoms with Gasteiger partial charge in [0.15, 0.2) is 0 Å². The first-order valence-electron chi connectivity index (χ1n) is 9.04. The van der Waals surface area contributed by atoms with E-state index < -0.39 is 10.9 Å². The number of hydrogen-bond donors (Lipinski definition) is 2. The second kappa shape index (κ2) is 4.87. The van der Waals surface area contributed by atoms with E-state index in [1.165, 1.54) is 0 Å². The van der Waals surface area contributed by atoms with Crippen molar-refractivity contribution in [3.05, 3.63) is 81.1 Å². The highest BCUT2D eigenvalue weighted by atomic mass is 16.2. The number of anilines is 2. The van der Waals surface area contributed by atoms with Crippen molar-refractivity contribution in [1.82, 2.24) is 0 Å². The second-order valence-electron chi connectivity index (χ2n) is 7.28. The van der Waals surface area contributed by atoms with Gasteiger partial charge in [0.25, 0.3) is 5.43 Å². The third kappa shape index (κ3) is 1.61. The van der Waals surface area contributed by atoms with Gasteiger partial charge in [0, 0.05) is 16.2 Å². The van der Waals surface area contributed by atoms with Gasteiger partial charge in [-0.3, -0.25) is 9.59 Å². The Hall–Kier alpha value is -3.92. The minimum absolute atomic E-state index is 0.170. The number of hydrogen-bond acceptors (Lipinski definition) is 4. The Morgan fingerprint density at radius 3 is 2.07 bits per heavy atom. The normalized spacial score (nSPS) is 12.1. The Morgan fingerprint density at radius 2 is 1.21 bits per heavy atom. The fourth-order valence-corrected chi connectivity index (χ4v) is 4.66. The maximum absolute atomic E-state index is 13.2. The minimum Gasteiger partial charge on any atom is -0.396 e. The molecule has 4 heteroatoms. The molecule has 0 unspecified atom stereocenters. The van der Waals surface area contributed by atoms with Crippen LogP contribution in [0.15, 0.2) is 70.3 Å². The first kappa shape index (κ1) is 15.2. The van der Waals surface area contributed by atoms with Crippen LogP contribution in [0, 0.1) is 0 Å². The van der Waals surface area contributed by atoms with Gasteiger partial charge in [-0.15, -0.1) is 0 Å². The van der Waals surface area contributed by atoms with E-state index in [0.717, 1.165) is 43.1 Å². The van der Waals surface area contributed by atoms with Crippen molar-refractivity contribution >= 4 is 65.2 Å². The first-order valence-corrected chi connectivity index (χ1v) is 9.04. The lowest BCUT2D eigenvalue weighted by Crippen LogP contribution is -2.28. The zero-order valence-electron chi connectivity index (χ0n) is 14.7. The molecule has 28 heavy (non-hydrogen) atoms. The summed E-state index contributed by atoms with van der Waals surface area (Å²) in [5.41, 5.74) is 10.9. The van der Waals surface area contributed by atoms with E-state index >= 15 is 0 Å². The highest BCUT2D eigenvalue weighted by Gasteiger charge is 2.22.